The molecule has 0 saturated carbocycles. The molecule has 0 bridgehead atoms. The lowest BCUT2D eigenvalue weighted by Crippen LogP contribution is -2.56. The van der Waals surface area contributed by atoms with Crippen LogP contribution in [0.1, 0.15) is 35.7 Å². The summed E-state index contributed by atoms with van der Waals surface area (Å²) in [6.45, 7) is 2.20. The summed E-state index contributed by atoms with van der Waals surface area (Å²) in [6, 6.07) is 6.35. The maximum Gasteiger partial charge on any atom is 0.339 e. The number of hydrogen-bond donors (Lipinski definition) is 3. The zero-order valence-electron chi connectivity index (χ0n) is 13.7. The third-order valence-electron chi connectivity index (χ3n) is 5.15. The first-order valence-corrected chi connectivity index (χ1v) is 8.27. The van der Waals surface area contributed by atoms with E-state index < -0.39 is 23.1 Å². The Morgan fingerprint density at radius 2 is 2.16 bits per heavy atom. The van der Waals surface area contributed by atoms with Gasteiger partial charge in [0.2, 0.25) is 17.1 Å². The Morgan fingerprint density at radius 1 is 1.40 bits per heavy atom. The average molecular weight is 345 g/mol. The van der Waals surface area contributed by atoms with E-state index in [0.29, 0.717) is 6.61 Å². The lowest BCUT2D eigenvalue weighted by molar-refractivity contribution is -0.149. The molecule has 0 amide bonds. The summed E-state index contributed by atoms with van der Waals surface area (Å²) in [7, 11) is 0. The summed E-state index contributed by atoms with van der Waals surface area (Å²) in [5, 5.41) is 24.9. The number of Topliss-reactive ketones (excluding diaryl/α,β-unsaturated/α-hetero) is 1. The third-order valence-corrected chi connectivity index (χ3v) is 5.15. The third kappa shape index (κ3) is 2.03. The van der Waals surface area contributed by atoms with Gasteiger partial charge in [0.25, 0.3) is 0 Å². The first-order valence-electron chi connectivity index (χ1n) is 8.27. The number of benzene rings is 1. The molecule has 3 atom stereocenters. The quantitative estimate of drug-likeness (QED) is 0.679. The predicted octanol–water partition coefficient (Wildman–Crippen LogP) is 0.358. The number of carbonyl (C=O) groups excluding carboxylic acids is 2. The molecule has 3 aliphatic rings. The molecule has 132 valence electrons. The van der Waals surface area contributed by atoms with Gasteiger partial charge in [0.05, 0.1) is 6.10 Å². The number of fused-ring (bicyclic) bond motifs is 3. The van der Waals surface area contributed by atoms with Crippen molar-refractivity contribution in [1.29, 1.82) is 0 Å². The molecule has 1 aromatic rings. The maximum absolute atomic E-state index is 12.8. The van der Waals surface area contributed by atoms with Crippen LogP contribution in [0.4, 0.5) is 0 Å². The topological polar surface area (TPSA) is 105 Å². The van der Waals surface area contributed by atoms with Crippen LogP contribution >= 0.6 is 0 Å². The van der Waals surface area contributed by atoms with Crippen LogP contribution in [-0.2, 0) is 20.0 Å². The standard InChI is InChI=1S/C18H19NO6/c1-10-14(16(21)25-9-11-5-4-8-24-11)17(22)15(20)12-6-2-3-7-13(12)18(17,23)19-10/h2-3,6-7,11,19,22-23H,4-5,8-9H2,1H3/t11-,17-,18+/m1/s1. The number of carbonyl (C=O) groups is 2. The Labute approximate surface area is 144 Å². The highest BCUT2D eigenvalue weighted by Crippen LogP contribution is 2.51. The van der Waals surface area contributed by atoms with E-state index in [2.05, 4.69) is 5.32 Å². The Hall–Kier alpha value is -2.22. The van der Waals surface area contributed by atoms with Crippen LogP contribution < -0.4 is 5.32 Å². The summed E-state index contributed by atoms with van der Waals surface area (Å²) in [5.74, 6) is -1.56. The molecule has 3 N–H and O–H groups in total. The van der Waals surface area contributed by atoms with Gasteiger partial charge in [-0.1, -0.05) is 24.3 Å². The van der Waals surface area contributed by atoms with Crippen LogP contribution in [-0.4, -0.2) is 46.9 Å². The molecule has 2 aliphatic heterocycles. The molecule has 1 saturated heterocycles. The SMILES string of the molecule is CC1=C(C(=O)OC[C@H]2CCCO2)[C@@]2(O)C(=O)c3ccccc3[C@@]2(O)N1. The largest absolute Gasteiger partial charge is 0.459 e. The van der Waals surface area contributed by atoms with Crippen LogP contribution in [0.3, 0.4) is 0 Å². The highest BCUT2D eigenvalue weighted by atomic mass is 16.6. The van der Waals surface area contributed by atoms with E-state index in [-0.39, 0.29) is 35.1 Å². The molecule has 0 unspecified atom stereocenters. The van der Waals surface area contributed by atoms with E-state index >= 15 is 0 Å². The van der Waals surface area contributed by atoms with Gasteiger partial charge in [-0.15, -0.1) is 0 Å². The lowest BCUT2D eigenvalue weighted by Gasteiger charge is -2.32. The van der Waals surface area contributed by atoms with Gasteiger partial charge >= 0.3 is 5.97 Å². The predicted molar refractivity (Wildman–Crippen MR) is 85.4 cm³/mol. The molecule has 2 heterocycles. The minimum Gasteiger partial charge on any atom is -0.459 e. The summed E-state index contributed by atoms with van der Waals surface area (Å²) >= 11 is 0. The number of hydrogen-bond acceptors (Lipinski definition) is 7. The molecular formula is C18H19NO6. The van der Waals surface area contributed by atoms with Crippen molar-refractivity contribution >= 4 is 11.8 Å². The minimum absolute atomic E-state index is 0.0469. The van der Waals surface area contributed by atoms with E-state index in [1.165, 1.54) is 13.0 Å². The molecule has 1 aromatic carbocycles. The number of ether oxygens (including phenoxy) is 2. The monoisotopic (exact) mass is 345 g/mol. The van der Waals surface area contributed by atoms with Crippen LogP contribution in [0.25, 0.3) is 0 Å². The van der Waals surface area contributed by atoms with Crippen molar-refractivity contribution in [2.24, 2.45) is 0 Å². The fourth-order valence-corrected chi connectivity index (χ4v) is 3.93. The van der Waals surface area contributed by atoms with Crippen molar-refractivity contribution in [3.05, 3.63) is 46.7 Å². The molecular weight excluding hydrogens is 326 g/mol. The van der Waals surface area contributed by atoms with Crippen molar-refractivity contribution in [2.45, 2.75) is 37.2 Å². The van der Waals surface area contributed by atoms with E-state index in [1.54, 1.807) is 18.2 Å². The second kappa shape index (κ2) is 5.39. The number of ketones is 1. The van der Waals surface area contributed by atoms with Crippen LogP contribution in [0, 0.1) is 0 Å². The van der Waals surface area contributed by atoms with Crippen LogP contribution in [0.15, 0.2) is 35.5 Å². The van der Waals surface area contributed by atoms with Gasteiger partial charge in [0, 0.05) is 23.4 Å². The Kier molecular flexibility index (Phi) is 3.50. The van der Waals surface area contributed by atoms with Gasteiger partial charge in [0.1, 0.15) is 12.2 Å². The normalized spacial score (nSPS) is 33.2. The number of aliphatic hydroxyl groups is 2. The van der Waals surface area contributed by atoms with Gasteiger partial charge in [-0.3, -0.25) is 4.79 Å². The molecule has 25 heavy (non-hydrogen) atoms. The van der Waals surface area contributed by atoms with Crippen molar-refractivity contribution in [3.63, 3.8) is 0 Å². The van der Waals surface area contributed by atoms with Gasteiger partial charge in [-0.2, -0.15) is 0 Å². The molecule has 0 spiro atoms. The van der Waals surface area contributed by atoms with Crippen LogP contribution in [0.5, 0.6) is 0 Å². The molecule has 0 radical (unpaired) electrons. The summed E-state index contributed by atoms with van der Waals surface area (Å²) in [6.07, 6.45) is 1.52. The smallest absolute Gasteiger partial charge is 0.339 e. The summed E-state index contributed by atoms with van der Waals surface area (Å²) < 4.78 is 10.7. The highest BCUT2D eigenvalue weighted by molar-refractivity contribution is 6.16. The molecule has 0 aromatic heterocycles. The lowest BCUT2D eigenvalue weighted by atomic mass is 9.85. The number of esters is 1. The second-order valence-corrected chi connectivity index (χ2v) is 6.65. The Bertz CT molecular complexity index is 797. The molecule has 7 heteroatoms. The Morgan fingerprint density at radius 3 is 2.88 bits per heavy atom. The molecule has 7 nitrogen and oxygen atoms in total. The van der Waals surface area contributed by atoms with Crippen molar-refractivity contribution in [3.8, 4) is 0 Å². The first kappa shape index (κ1) is 16.3. The Balaban J connectivity index is 1.67. The molecule has 1 fully saturated rings. The van der Waals surface area contributed by atoms with Crippen molar-refractivity contribution in [2.75, 3.05) is 13.2 Å². The second-order valence-electron chi connectivity index (χ2n) is 6.65. The maximum atomic E-state index is 12.8. The van der Waals surface area contributed by atoms with Crippen LogP contribution in [0.2, 0.25) is 0 Å². The van der Waals surface area contributed by atoms with E-state index in [1.807, 2.05) is 0 Å². The number of nitrogens with one attached hydrogen (secondary N) is 1. The van der Waals surface area contributed by atoms with Crippen molar-refractivity contribution < 1.29 is 29.3 Å². The first-order chi connectivity index (χ1) is 11.9. The van der Waals surface area contributed by atoms with E-state index in [4.69, 9.17) is 9.47 Å². The van der Waals surface area contributed by atoms with Gasteiger partial charge in [-0.05, 0) is 19.8 Å². The van der Waals surface area contributed by atoms with E-state index in [9.17, 15) is 19.8 Å². The zero-order valence-corrected chi connectivity index (χ0v) is 13.7. The average Bonchev–Trinajstić information content (AvgIpc) is 3.22. The van der Waals surface area contributed by atoms with Gasteiger partial charge in [0.15, 0.2) is 0 Å². The minimum atomic E-state index is -2.41. The fraction of sp³-hybridized carbons (Fsp3) is 0.444. The fourth-order valence-electron chi connectivity index (χ4n) is 3.93. The van der Waals surface area contributed by atoms with Crippen molar-refractivity contribution in [1.82, 2.24) is 5.32 Å². The zero-order chi connectivity index (χ0) is 17.8. The highest BCUT2D eigenvalue weighted by Gasteiger charge is 2.70. The molecule has 4 rings (SSSR count). The number of rotatable bonds is 3. The summed E-state index contributed by atoms with van der Waals surface area (Å²) in [4.78, 5) is 25.4. The molecule has 1 aliphatic carbocycles. The van der Waals surface area contributed by atoms with Gasteiger partial charge in [-0.25, -0.2) is 4.79 Å². The van der Waals surface area contributed by atoms with Gasteiger partial charge < -0.3 is 25.0 Å². The summed E-state index contributed by atoms with van der Waals surface area (Å²) in [5.41, 5.74) is -4.11. The number of allylic oxidation sites excluding steroid dienone is 1. The van der Waals surface area contributed by atoms with E-state index in [0.717, 1.165) is 12.8 Å².